The topological polar surface area (TPSA) is 74.5 Å². The fourth-order valence-electron chi connectivity index (χ4n) is 2.07. The molecule has 6 heteroatoms. The number of fused-ring (bicyclic) bond motifs is 1. The van der Waals surface area contributed by atoms with Crippen molar-refractivity contribution in [1.82, 2.24) is 24.3 Å². The van der Waals surface area contributed by atoms with Gasteiger partial charge >= 0.3 is 0 Å². The summed E-state index contributed by atoms with van der Waals surface area (Å²) in [6.45, 7) is 3.48. The van der Waals surface area contributed by atoms with Crippen LogP contribution in [-0.4, -0.2) is 24.3 Å². The molecule has 0 atom stereocenters. The standard InChI is InChI=1S/C12H14N6/c1-2-17-8-14-16-11(17)7-18-10-6-4-3-5-9(10)15-12(18)13/h3-6,8H,2,7H2,1H3,(H2,13,15). The monoisotopic (exact) mass is 242 g/mol. The average Bonchev–Trinajstić information content (AvgIpc) is 2.95. The predicted octanol–water partition coefficient (Wildman–Crippen LogP) is 1.28. The Hall–Kier alpha value is -2.37. The molecule has 0 saturated heterocycles. The quantitative estimate of drug-likeness (QED) is 0.750. The summed E-state index contributed by atoms with van der Waals surface area (Å²) in [5, 5.41) is 8.04. The fraction of sp³-hybridized carbons (Fsp3) is 0.250. The van der Waals surface area contributed by atoms with Crippen LogP contribution in [0.2, 0.25) is 0 Å². The number of imidazole rings is 1. The summed E-state index contributed by atoms with van der Waals surface area (Å²) < 4.78 is 3.94. The van der Waals surface area contributed by atoms with Gasteiger partial charge in [-0.05, 0) is 19.1 Å². The Bertz CT molecular complexity index is 681. The second kappa shape index (κ2) is 4.14. The van der Waals surface area contributed by atoms with Gasteiger partial charge in [0, 0.05) is 6.54 Å². The van der Waals surface area contributed by atoms with E-state index in [2.05, 4.69) is 22.1 Å². The lowest BCUT2D eigenvalue weighted by molar-refractivity contribution is 0.663. The van der Waals surface area contributed by atoms with Crippen molar-refractivity contribution in [2.24, 2.45) is 0 Å². The van der Waals surface area contributed by atoms with Gasteiger partial charge in [-0.2, -0.15) is 0 Å². The van der Waals surface area contributed by atoms with Crippen molar-refractivity contribution in [2.45, 2.75) is 20.0 Å². The van der Waals surface area contributed by atoms with Gasteiger partial charge in [-0.3, -0.25) is 0 Å². The SMILES string of the molecule is CCn1cnnc1Cn1c(N)nc2ccccc21. The Morgan fingerprint density at radius 1 is 1.28 bits per heavy atom. The third-order valence-electron chi connectivity index (χ3n) is 3.02. The smallest absolute Gasteiger partial charge is 0.201 e. The largest absolute Gasteiger partial charge is 0.369 e. The van der Waals surface area contributed by atoms with Crippen molar-refractivity contribution < 1.29 is 0 Å². The molecule has 0 fully saturated rings. The number of aromatic nitrogens is 5. The van der Waals surface area contributed by atoms with Crippen molar-refractivity contribution in [3.05, 3.63) is 36.4 Å². The summed E-state index contributed by atoms with van der Waals surface area (Å²) in [6, 6.07) is 7.89. The molecule has 0 aliphatic heterocycles. The highest BCUT2D eigenvalue weighted by Crippen LogP contribution is 2.18. The molecule has 18 heavy (non-hydrogen) atoms. The van der Waals surface area contributed by atoms with E-state index in [1.165, 1.54) is 0 Å². The molecule has 1 aromatic carbocycles. The van der Waals surface area contributed by atoms with Crippen LogP contribution >= 0.6 is 0 Å². The number of benzene rings is 1. The molecule has 2 heterocycles. The molecule has 0 spiro atoms. The summed E-state index contributed by atoms with van der Waals surface area (Å²) in [5.41, 5.74) is 7.87. The Balaban J connectivity index is 2.07. The molecule has 0 unspecified atom stereocenters. The average molecular weight is 242 g/mol. The molecule has 0 amide bonds. The lowest BCUT2D eigenvalue weighted by atomic mass is 10.3. The first-order valence-electron chi connectivity index (χ1n) is 5.87. The van der Waals surface area contributed by atoms with Gasteiger partial charge in [-0.1, -0.05) is 12.1 Å². The molecule has 2 aromatic heterocycles. The van der Waals surface area contributed by atoms with Crippen molar-refractivity contribution >= 4 is 17.0 Å². The van der Waals surface area contributed by atoms with Gasteiger partial charge in [0.05, 0.1) is 17.6 Å². The van der Waals surface area contributed by atoms with Gasteiger partial charge < -0.3 is 14.9 Å². The summed E-state index contributed by atoms with van der Waals surface area (Å²) in [6.07, 6.45) is 1.73. The molecule has 6 nitrogen and oxygen atoms in total. The number of rotatable bonds is 3. The second-order valence-electron chi connectivity index (χ2n) is 4.08. The minimum absolute atomic E-state index is 0.502. The molecule has 3 rings (SSSR count). The van der Waals surface area contributed by atoms with Gasteiger partial charge in [-0.15, -0.1) is 10.2 Å². The van der Waals surface area contributed by atoms with Crippen LogP contribution in [0.4, 0.5) is 5.95 Å². The van der Waals surface area contributed by atoms with Crippen molar-refractivity contribution in [3.63, 3.8) is 0 Å². The minimum Gasteiger partial charge on any atom is -0.369 e. The Kier molecular flexibility index (Phi) is 2.47. The van der Waals surface area contributed by atoms with Crippen LogP contribution in [0.5, 0.6) is 0 Å². The van der Waals surface area contributed by atoms with Gasteiger partial charge in [0.25, 0.3) is 0 Å². The highest BCUT2D eigenvalue weighted by atomic mass is 15.3. The third kappa shape index (κ3) is 1.62. The number of aryl methyl sites for hydroxylation is 1. The van der Waals surface area contributed by atoms with Crippen molar-refractivity contribution in [3.8, 4) is 0 Å². The fourth-order valence-corrected chi connectivity index (χ4v) is 2.07. The number of nitrogen functional groups attached to an aromatic ring is 1. The van der Waals surface area contributed by atoms with Crippen LogP contribution in [0.1, 0.15) is 12.7 Å². The summed E-state index contributed by atoms with van der Waals surface area (Å²) >= 11 is 0. The van der Waals surface area contributed by atoms with Crippen molar-refractivity contribution in [2.75, 3.05) is 5.73 Å². The van der Waals surface area contributed by atoms with E-state index in [1.54, 1.807) is 6.33 Å². The first-order valence-corrected chi connectivity index (χ1v) is 5.87. The van der Waals surface area contributed by atoms with E-state index >= 15 is 0 Å². The molecule has 2 N–H and O–H groups in total. The minimum atomic E-state index is 0.502. The molecule has 0 radical (unpaired) electrons. The van der Waals surface area contributed by atoms with E-state index in [1.807, 2.05) is 33.4 Å². The lowest BCUT2D eigenvalue weighted by Gasteiger charge is -2.06. The molecular formula is C12H14N6. The van der Waals surface area contributed by atoms with Gasteiger partial charge in [-0.25, -0.2) is 4.98 Å². The van der Waals surface area contributed by atoms with E-state index < -0.39 is 0 Å². The second-order valence-corrected chi connectivity index (χ2v) is 4.08. The number of hydrogen-bond acceptors (Lipinski definition) is 4. The maximum absolute atomic E-state index is 5.96. The van der Waals surface area contributed by atoms with E-state index in [4.69, 9.17) is 5.73 Å². The van der Waals surface area contributed by atoms with E-state index in [0.29, 0.717) is 12.5 Å². The van der Waals surface area contributed by atoms with Gasteiger partial charge in [0.15, 0.2) is 5.82 Å². The van der Waals surface area contributed by atoms with Gasteiger partial charge in [0.1, 0.15) is 6.33 Å². The summed E-state index contributed by atoms with van der Waals surface area (Å²) in [7, 11) is 0. The van der Waals surface area contributed by atoms with Gasteiger partial charge in [0.2, 0.25) is 5.95 Å². The molecule has 0 aliphatic carbocycles. The first-order chi connectivity index (χ1) is 8.79. The Labute approximate surface area is 104 Å². The van der Waals surface area contributed by atoms with Crippen LogP contribution in [0, 0.1) is 0 Å². The maximum Gasteiger partial charge on any atom is 0.201 e. The predicted molar refractivity (Wildman–Crippen MR) is 68.9 cm³/mol. The molecular weight excluding hydrogens is 228 g/mol. The normalized spacial score (nSPS) is 11.2. The maximum atomic E-state index is 5.96. The zero-order valence-electron chi connectivity index (χ0n) is 10.1. The number of hydrogen-bond donors (Lipinski definition) is 1. The zero-order chi connectivity index (χ0) is 12.5. The Morgan fingerprint density at radius 3 is 2.94 bits per heavy atom. The van der Waals surface area contributed by atoms with Crippen LogP contribution in [-0.2, 0) is 13.1 Å². The van der Waals surface area contributed by atoms with Crippen LogP contribution in [0.25, 0.3) is 11.0 Å². The van der Waals surface area contributed by atoms with Crippen LogP contribution in [0.15, 0.2) is 30.6 Å². The van der Waals surface area contributed by atoms with E-state index in [9.17, 15) is 0 Å². The number of para-hydroxylation sites is 2. The highest BCUT2D eigenvalue weighted by molar-refractivity contribution is 5.78. The molecule has 0 aliphatic rings. The van der Waals surface area contributed by atoms with E-state index in [-0.39, 0.29) is 0 Å². The third-order valence-corrected chi connectivity index (χ3v) is 3.02. The molecule has 0 saturated carbocycles. The van der Waals surface area contributed by atoms with Crippen molar-refractivity contribution in [1.29, 1.82) is 0 Å². The Morgan fingerprint density at radius 2 is 2.11 bits per heavy atom. The molecule has 0 bridgehead atoms. The zero-order valence-corrected chi connectivity index (χ0v) is 10.1. The number of anilines is 1. The highest BCUT2D eigenvalue weighted by Gasteiger charge is 2.10. The summed E-state index contributed by atoms with van der Waals surface area (Å²) in [4.78, 5) is 4.33. The molecule has 92 valence electrons. The first kappa shape index (κ1) is 10.8. The number of nitrogens with zero attached hydrogens (tertiary/aromatic N) is 5. The van der Waals surface area contributed by atoms with Crippen LogP contribution in [0.3, 0.4) is 0 Å². The van der Waals surface area contributed by atoms with E-state index in [0.717, 1.165) is 23.4 Å². The number of nitrogens with two attached hydrogens (primary N) is 1. The lowest BCUT2D eigenvalue weighted by Crippen LogP contribution is -2.10. The van der Waals surface area contributed by atoms with Crippen LogP contribution < -0.4 is 5.73 Å². The summed E-state index contributed by atoms with van der Waals surface area (Å²) in [5.74, 6) is 1.38. The molecule has 3 aromatic rings.